The molecule has 1 N–H and O–H groups in total. The van der Waals surface area contributed by atoms with Gasteiger partial charge in [0.2, 0.25) is 0 Å². The predicted molar refractivity (Wildman–Crippen MR) is 113 cm³/mol. The van der Waals surface area contributed by atoms with Crippen LogP contribution < -0.4 is 10.2 Å². The minimum atomic E-state index is 0.347. The molecule has 1 atom stereocenters. The van der Waals surface area contributed by atoms with E-state index in [-0.39, 0.29) is 0 Å². The van der Waals surface area contributed by atoms with Gasteiger partial charge in [0.25, 0.3) is 0 Å². The maximum atomic E-state index is 4.85. The number of anilines is 2. The molecule has 1 unspecified atom stereocenters. The van der Waals surface area contributed by atoms with Crippen molar-refractivity contribution in [1.82, 2.24) is 15.0 Å². The first kappa shape index (κ1) is 16.7. The highest BCUT2D eigenvalue weighted by Gasteiger charge is 2.23. The van der Waals surface area contributed by atoms with Gasteiger partial charge in [-0.25, -0.2) is 9.97 Å². The van der Waals surface area contributed by atoms with Crippen molar-refractivity contribution in [2.75, 3.05) is 23.3 Å². The van der Waals surface area contributed by atoms with Gasteiger partial charge in [-0.2, -0.15) is 0 Å². The third-order valence-electron chi connectivity index (χ3n) is 5.17. The van der Waals surface area contributed by atoms with Crippen molar-refractivity contribution in [2.45, 2.75) is 12.5 Å². The third kappa shape index (κ3) is 3.27. The Hall–Kier alpha value is -3.47. The molecule has 1 aliphatic heterocycles. The number of hydrogen-bond acceptors (Lipinski definition) is 5. The second-order valence-corrected chi connectivity index (χ2v) is 7.07. The molecule has 0 saturated carbocycles. The largest absolute Gasteiger partial charge is 0.369 e. The van der Waals surface area contributed by atoms with E-state index in [4.69, 9.17) is 9.97 Å². The number of rotatable bonds is 4. The molecule has 5 heteroatoms. The van der Waals surface area contributed by atoms with Gasteiger partial charge in [-0.05, 0) is 42.8 Å². The molecule has 138 valence electrons. The summed E-state index contributed by atoms with van der Waals surface area (Å²) >= 11 is 0. The van der Waals surface area contributed by atoms with Crippen molar-refractivity contribution in [3.8, 4) is 11.4 Å². The second-order valence-electron chi connectivity index (χ2n) is 7.07. The summed E-state index contributed by atoms with van der Waals surface area (Å²) in [4.78, 5) is 16.2. The third-order valence-corrected chi connectivity index (χ3v) is 5.17. The van der Waals surface area contributed by atoms with Crippen LogP contribution in [0.5, 0.6) is 0 Å². The van der Waals surface area contributed by atoms with Crippen LogP contribution >= 0.6 is 0 Å². The zero-order valence-corrected chi connectivity index (χ0v) is 15.5. The van der Waals surface area contributed by atoms with Crippen molar-refractivity contribution in [1.29, 1.82) is 0 Å². The molecule has 28 heavy (non-hydrogen) atoms. The standard InChI is InChI=1S/C23H21N5/c1-2-8-19(9-3-1)28-14-12-18(16-28)25-23-20-10-4-5-11-21(20)26-22(27-23)17-7-6-13-24-15-17/h1-11,13,15,18H,12,14,16H2,(H,25,26,27). The molecule has 3 heterocycles. The van der Waals surface area contributed by atoms with Gasteiger partial charge < -0.3 is 10.2 Å². The SMILES string of the molecule is c1ccc(N2CCC(Nc3nc(-c4cccnc4)nc4ccccc34)C2)cc1. The van der Waals surface area contributed by atoms with E-state index in [9.17, 15) is 0 Å². The van der Waals surface area contributed by atoms with Gasteiger partial charge in [0.15, 0.2) is 5.82 Å². The van der Waals surface area contributed by atoms with Gasteiger partial charge >= 0.3 is 0 Å². The Morgan fingerprint density at radius 1 is 0.893 bits per heavy atom. The lowest BCUT2D eigenvalue weighted by molar-refractivity contribution is 0.802. The minimum absolute atomic E-state index is 0.347. The number of fused-ring (bicyclic) bond motifs is 1. The maximum Gasteiger partial charge on any atom is 0.163 e. The number of hydrogen-bond donors (Lipinski definition) is 1. The number of aromatic nitrogens is 3. The average molecular weight is 367 g/mol. The predicted octanol–water partition coefficient (Wildman–Crippen LogP) is 4.38. The van der Waals surface area contributed by atoms with Crippen LogP contribution in [-0.4, -0.2) is 34.1 Å². The van der Waals surface area contributed by atoms with Gasteiger partial charge in [0.05, 0.1) is 5.52 Å². The summed E-state index contributed by atoms with van der Waals surface area (Å²) in [6.07, 6.45) is 4.65. The Bertz CT molecular complexity index is 1080. The molecule has 0 radical (unpaired) electrons. The van der Waals surface area contributed by atoms with Crippen LogP contribution in [-0.2, 0) is 0 Å². The van der Waals surface area contributed by atoms with Crippen LogP contribution in [0.1, 0.15) is 6.42 Å². The van der Waals surface area contributed by atoms with Crippen LogP contribution in [0.15, 0.2) is 79.1 Å². The van der Waals surface area contributed by atoms with Crippen LogP contribution in [0.2, 0.25) is 0 Å². The Kier molecular flexibility index (Phi) is 4.33. The van der Waals surface area contributed by atoms with Crippen LogP contribution in [0.4, 0.5) is 11.5 Å². The molecule has 1 saturated heterocycles. The first-order chi connectivity index (χ1) is 13.9. The molecule has 4 aromatic rings. The lowest BCUT2D eigenvalue weighted by Crippen LogP contribution is -2.26. The molecular formula is C23H21N5. The molecular weight excluding hydrogens is 346 g/mol. The molecule has 5 rings (SSSR count). The first-order valence-electron chi connectivity index (χ1n) is 9.60. The summed E-state index contributed by atoms with van der Waals surface area (Å²) in [6.45, 7) is 2.00. The maximum absolute atomic E-state index is 4.85. The molecule has 0 spiro atoms. The van der Waals surface area contributed by atoms with E-state index < -0.39 is 0 Å². The summed E-state index contributed by atoms with van der Waals surface area (Å²) in [5, 5.41) is 4.73. The van der Waals surface area contributed by atoms with Crippen LogP contribution in [0.3, 0.4) is 0 Å². The summed E-state index contributed by atoms with van der Waals surface area (Å²) in [7, 11) is 0. The van der Waals surface area contributed by atoms with Gasteiger partial charge in [-0.3, -0.25) is 4.98 Å². The quantitative estimate of drug-likeness (QED) is 0.580. The Morgan fingerprint density at radius 2 is 1.75 bits per heavy atom. The van der Waals surface area contributed by atoms with E-state index in [0.29, 0.717) is 11.9 Å². The van der Waals surface area contributed by atoms with E-state index in [0.717, 1.165) is 41.8 Å². The molecule has 1 aliphatic rings. The number of nitrogens with zero attached hydrogens (tertiary/aromatic N) is 4. The van der Waals surface area contributed by atoms with E-state index in [2.05, 4.69) is 51.6 Å². The Labute approximate surface area is 164 Å². The summed E-state index contributed by atoms with van der Waals surface area (Å²) < 4.78 is 0. The normalized spacial score (nSPS) is 16.4. The molecule has 2 aromatic heterocycles. The highest BCUT2D eigenvalue weighted by Crippen LogP contribution is 2.27. The van der Waals surface area contributed by atoms with E-state index in [1.165, 1.54) is 5.69 Å². The van der Waals surface area contributed by atoms with E-state index in [1.807, 2.05) is 30.3 Å². The van der Waals surface area contributed by atoms with Crippen molar-refractivity contribution in [3.63, 3.8) is 0 Å². The van der Waals surface area contributed by atoms with Crippen molar-refractivity contribution in [2.24, 2.45) is 0 Å². The summed E-state index contributed by atoms with van der Waals surface area (Å²) in [6, 6.07) is 23.0. The number of pyridine rings is 1. The van der Waals surface area contributed by atoms with Gasteiger partial charge in [0.1, 0.15) is 5.82 Å². The van der Waals surface area contributed by atoms with Crippen molar-refractivity contribution >= 4 is 22.4 Å². The molecule has 0 bridgehead atoms. The van der Waals surface area contributed by atoms with Crippen molar-refractivity contribution in [3.05, 3.63) is 79.1 Å². The number of benzene rings is 2. The Balaban J connectivity index is 1.45. The zero-order chi connectivity index (χ0) is 18.8. The molecule has 5 nitrogen and oxygen atoms in total. The molecule has 0 aliphatic carbocycles. The summed E-state index contributed by atoms with van der Waals surface area (Å²) in [5.74, 6) is 1.59. The highest BCUT2D eigenvalue weighted by molar-refractivity contribution is 5.90. The second kappa shape index (κ2) is 7.27. The summed E-state index contributed by atoms with van der Waals surface area (Å²) in [5.41, 5.74) is 3.14. The van der Waals surface area contributed by atoms with Gasteiger partial charge in [-0.15, -0.1) is 0 Å². The number of para-hydroxylation sites is 2. The highest BCUT2D eigenvalue weighted by atomic mass is 15.2. The van der Waals surface area contributed by atoms with E-state index >= 15 is 0 Å². The minimum Gasteiger partial charge on any atom is -0.369 e. The van der Waals surface area contributed by atoms with E-state index in [1.54, 1.807) is 12.4 Å². The van der Waals surface area contributed by atoms with Crippen LogP contribution in [0.25, 0.3) is 22.3 Å². The smallest absolute Gasteiger partial charge is 0.163 e. The molecule has 2 aromatic carbocycles. The number of nitrogens with one attached hydrogen (secondary N) is 1. The monoisotopic (exact) mass is 367 g/mol. The van der Waals surface area contributed by atoms with Crippen LogP contribution in [0, 0.1) is 0 Å². The first-order valence-corrected chi connectivity index (χ1v) is 9.60. The lowest BCUT2D eigenvalue weighted by atomic mass is 10.2. The lowest BCUT2D eigenvalue weighted by Gasteiger charge is -2.20. The fourth-order valence-electron chi connectivity index (χ4n) is 3.76. The molecule has 1 fully saturated rings. The zero-order valence-electron chi connectivity index (χ0n) is 15.5. The topological polar surface area (TPSA) is 53.9 Å². The molecule has 0 amide bonds. The van der Waals surface area contributed by atoms with Crippen molar-refractivity contribution < 1.29 is 0 Å². The average Bonchev–Trinajstić information content (AvgIpc) is 3.23. The fourth-order valence-corrected chi connectivity index (χ4v) is 3.76. The fraction of sp³-hybridized carbons (Fsp3) is 0.174. The Morgan fingerprint density at radius 3 is 2.61 bits per heavy atom. The van der Waals surface area contributed by atoms with Gasteiger partial charge in [-0.1, -0.05) is 30.3 Å². The van der Waals surface area contributed by atoms with Gasteiger partial charge in [0, 0.05) is 48.2 Å².